The fourth-order valence-corrected chi connectivity index (χ4v) is 1.24. The quantitative estimate of drug-likeness (QED) is 0.671. The molecule has 0 saturated carbocycles. The number of ether oxygens (including phenoxy) is 1. The highest BCUT2D eigenvalue weighted by Crippen LogP contribution is 2.26. The molecule has 1 aromatic carbocycles. The Morgan fingerprint density at radius 2 is 1.90 bits per heavy atom. The molecule has 0 spiro atoms. The van der Waals surface area contributed by atoms with E-state index in [2.05, 4.69) is 4.74 Å². The summed E-state index contributed by atoms with van der Waals surface area (Å²) in [5, 5.41) is 1.66. The zero-order valence-electron chi connectivity index (χ0n) is 10.0. The van der Waals surface area contributed by atoms with E-state index in [4.69, 9.17) is 0 Å². The average Bonchev–Trinajstić information content (AvgIpc) is 2.39. The molecule has 0 unspecified atom stereocenters. The Morgan fingerprint density at radius 3 is 2.40 bits per heavy atom. The van der Waals surface area contributed by atoms with E-state index in [1.807, 2.05) is 0 Å². The number of halogens is 6. The highest BCUT2D eigenvalue weighted by molar-refractivity contribution is 5.90. The number of hydrogen-bond donors (Lipinski definition) is 1. The Balaban J connectivity index is 2.94. The standard InChI is InChI=1S/C11H9F6NO2/c1-20-9(19)5-2-3-6(8(13)7(5)12)18-4-11(16,17)10(14)15/h2-3,10,18H,4H2,1H3. The van der Waals surface area contributed by atoms with Crippen LogP contribution in [0.4, 0.5) is 32.0 Å². The third kappa shape index (κ3) is 3.34. The van der Waals surface area contributed by atoms with Gasteiger partial charge in [-0.2, -0.15) is 8.78 Å². The first kappa shape index (κ1) is 16.1. The zero-order chi connectivity index (χ0) is 15.5. The molecule has 0 bridgehead atoms. The van der Waals surface area contributed by atoms with Crippen LogP contribution in [0.3, 0.4) is 0 Å². The number of hydrogen-bond acceptors (Lipinski definition) is 3. The van der Waals surface area contributed by atoms with Gasteiger partial charge < -0.3 is 10.1 Å². The van der Waals surface area contributed by atoms with Crippen molar-refractivity contribution in [3.8, 4) is 0 Å². The maximum atomic E-state index is 13.5. The van der Waals surface area contributed by atoms with Crippen LogP contribution < -0.4 is 5.32 Å². The molecule has 0 aliphatic heterocycles. The first-order valence-corrected chi connectivity index (χ1v) is 5.17. The van der Waals surface area contributed by atoms with Crippen molar-refractivity contribution in [1.29, 1.82) is 0 Å². The molecule has 1 N–H and O–H groups in total. The maximum Gasteiger partial charge on any atom is 0.340 e. The SMILES string of the molecule is COC(=O)c1ccc(NCC(F)(F)C(F)F)c(F)c1F. The second-order valence-corrected chi connectivity index (χ2v) is 3.70. The molecule has 9 heteroatoms. The van der Waals surface area contributed by atoms with E-state index in [1.165, 1.54) is 0 Å². The Kier molecular flexibility index (Phi) is 4.85. The van der Waals surface area contributed by atoms with Gasteiger partial charge in [0.05, 0.1) is 24.9 Å². The Labute approximate surface area is 109 Å². The summed E-state index contributed by atoms with van der Waals surface area (Å²) in [4.78, 5) is 11.0. The molecule has 112 valence electrons. The molecule has 0 saturated heterocycles. The first-order valence-electron chi connectivity index (χ1n) is 5.17. The van der Waals surface area contributed by atoms with Crippen LogP contribution in [0.1, 0.15) is 10.4 Å². The van der Waals surface area contributed by atoms with Gasteiger partial charge in [0.1, 0.15) is 0 Å². The van der Waals surface area contributed by atoms with Gasteiger partial charge >= 0.3 is 18.3 Å². The molecule has 0 aliphatic rings. The van der Waals surface area contributed by atoms with Crippen LogP contribution in [0.25, 0.3) is 0 Å². The number of rotatable bonds is 5. The summed E-state index contributed by atoms with van der Waals surface area (Å²) in [6.07, 6.45) is -3.95. The minimum Gasteiger partial charge on any atom is -0.465 e. The fourth-order valence-electron chi connectivity index (χ4n) is 1.24. The minimum atomic E-state index is -4.40. The van der Waals surface area contributed by atoms with Gasteiger partial charge in [-0.3, -0.25) is 0 Å². The molecule has 1 rings (SSSR count). The third-order valence-corrected chi connectivity index (χ3v) is 2.32. The topological polar surface area (TPSA) is 38.3 Å². The molecule has 1 aromatic rings. The summed E-state index contributed by atoms with van der Waals surface area (Å²) >= 11 is 0. The number of nitrogens with one attached hydrogen (secondary N) is 1. The second-order valence-electron chi connectivity index (χ2n) is 3.70. The van der Waals surface area contributed by atoms with Crippen LogP contribution in [-0.2, 0) is 4.74 Å². The van der Waals surface area contributed by atoms with Crippen molar-refractivity contribution in [1.82, 2.24) is 0 Å². The Bertz CT molecular complexity index is 506. The molecular weight excluding hydrogens is 292 g/mol. The van der Waals surface area contributed by atoms with Gasteiger partial charge in [0, 0.05) is 0 Å². The molecule has 20 heavy (non-hydrogen) atoms. The average molecular weight is 301 g/mol. The number of anilines is 1. The second kappa shape index (κ2) is 6.02. The van der Waals surface area contributed by atoms with Gasteiger partial charge in [0.25, 0.3) is 0 Å². The van der Waals surface area contributed by atoms with Crippen LogP contribution in [0.5, 0.6) is 0 Å². The van der Waals surface area contributed by atoms with E-state index in [9.17, 15) is 31.1 Å². The predicted octanol–water partition coefficient (Wildman–Crippen LogP) is 3.06. The summed E-state index contributed by atoms with van der Waals surface area (Å²) in [5.74, 6) is -8.82. The minimum absolute atomic E-state index is 0.740. The molecule has 0 aromatic heterocycles. The number of carbonyl (C=O) groups excluding carboxylic acids is 1. The molecular formula is C11H9F6NO2. The lowest BCUT2D eigenvalue weighted by Gasteiger charge is -2.17. The first-order chi connectivity index (χ1) is 9.20. The van der Waals surface area contributed by atoms with E-state index >= 15 is 0 Å². The van der Waals surface area contributed by atoms with Gasteiger partial charge in [0.15, 0.2) is 11.6 Å². The van der Waals surface area contributed by atoms with Crippen LogP contribution in [0, 0.1) is 11.6 Å². The lowest BCUT2D eigenvalue weighted by atomic mass is 10.1. The monoisotopic (exact) mass is 301 g/mol. The number of benzene rings is 1. The molecule has 0 radical (unpaired) electrons. The van der Waals surface area contributed by atoms with Crippen LogP contribution in [0.2, 0.25) is 0 Å². The lowest BCUT2D eigenvalue weighted by Crippen LogP contribution is -2.35. The van der Waals surface area contributed by atoms with Crippen molar-refractivity contribution in [3.05, 3.63) is 29.3 Å². The van der Waals surface area contributed by atoms with Gasteiger partial charge in [-0.15, -0.1) is 0 Å². The maximum absolute atomic E-state index is 13.5. The number of methoxy groups -OCH3 is 1. The Morgan fingerprint density at radius 1 is 1.30 bits per heavy atom. The van der Waals surface area contributed by atoms with Crippen molar-refractivity contribution in [2.45, 2.75) is 12.3 Å². The number of esters is 1. The van der Waals surface area contributed by atoms with E-state index in [1.54, 1.807) is 5.32 Å². The van der Waals surface area contributed by atoms with Crippen LogP contribution in [-0.4, -0.2) is 32.0 Å². The summed E-state index contributed by atoms with van der Waals surface area (Å²) in [6, 6.07) is 1.55. The summed E-state index contributed by atoms with van der Waals surface area (Å²) < 4.78 is 80.1. The molecule has 3 nitrogen and oxygen atoms in total. The van der Waals surface area contributed by atoms with Crippen LogP contribution in [0.15, 0.2) is 12.1 Å². The molecule has 0 fully saturated rings. The van der Waals surface area contributed by atoms with Crippen molar-refractivity contribution < 1.29 is 35.9 Å². The number of alkyl halides is 4. The lowest BCUT2D eigenvalue weighted by molar-refractivity contribution is -0.117. The van der Waals surface area contributed by atoms with Crippen LogP contribution >= 0.6 is 0 Å². The molecule has 0 atom stereocenters. The van der Waals surface area contributed by atoms with Crippen molar-refractivity contribution in [3.63, 3.8) is 0 Å². The van der Waals surface area contributed by atoms with Gasteiger partial charge in [-0.05, 0) is 12.1 Å². The van der Waals surface area contributed by atoms with Gasteiger partial charge in [-0.25, -0.2) is 22.4 Å². The number of carbonyl (C=O) groups is 1. The van der Waals surface area contributed by atoms with Crippen molar-refractivity contribution in [2.75, 3.05) is 19.0 Å². The zero-order valence-corrected chi connectivity index (χ0v) is 10.0. The molecule has 0 heterocycles. The smallest absolute Gasteiger partial charge is 0.340 e. The van der Waals surface area contributed by atoms with Crippen molar-refractivity contribution >= 4 is 11.7 Å². The molecule has 0 amide bonds. The summed E-state index contributed by atoms with van der Waals surface area (Å²) in [6.45, 7) is -1.58. The highest BCUT2D eigenvalue weighted by Gasteiger charge is 2.40. The summed E-state index contributed by atoms with van der Waals surface area (Å²) in [7, 11) is 0.940. The van der Waals surface area contributed by atoms with E-state index in [0.29, 0.717) is 0 Å². The molecule has 0 aliphatic carbocycles. The van der Waals surface area contributed by atoms with Gasteiger partial charge in [-0.1, -0.05) is 0 Å². The van der Waals surface area contributed by atoms with Crippen molar-refractivity contribution in [2.24, 2.45) is 0 Å². The fraction of sp³-hybridized carbons (Fsp3) is 0.364. The summed E-state index contributed by atoms with van der Waals surface area (Å²) in [5.41, 5.74) is -1.51. The Hall–Kier alpha value is -1.93. The van der Waals surface area contributed by atoms with E-state index in [0.717, 1.165) is 19.2 Å². The predicted molar refractivity (Wildman–Crippen MR) is 57.1 cm³/mol. The van der Waals surface area contributed by atoms with E-state index in [-0.39, 0.29) is 0 Å². The highest BCUT2D eigenvalue weighted by atomic mass is 19.3. The third-order valence-electron chi connectivity index (χ3n) is 2.32. The van der Waals surface area contributed by atoms with Gasteiger partial charge in [0.2, 0.25) is 0 Å². The van der Waals surface area contributed by atoms with E-state index < -0.39 is 47.7 Å². The normalized spacial score (nSPS) is 11.6. The largest absolute Gasteiger partial charge is 0.465 e.